The third-order valence-electron chi connectivity index (χ3n) is 3.22. The van der Waals surface area contributed by atoms with Crippen molar-refractivity contribution in [1.82, 2.24) is 0 Å². The molecule has 2 aromatic rings. The third-order valence-corrected chi connectivity index (χ3v) is 3.22. The van der Waals surface area contributed by atoms with Crippen LogP contribution in [0, 0.1) is 0 Å². The summed E-state index contributed by atoms with van der Waals surface area (Å²) in [6.45, 7) is 10.0. The molecule has 0 bridgehead atoms. The van der Waals surface area contributed by atoms with Crippen molar-refractivity contribution in [2.45, 2.75) is 0 Å². The minimum atomic E-state index is -0.653. The fraction of sp³-hybridized carbons (Fsp3) is 0. The molecule has 0 spiro atoms. The Balaban J connectivity index is 2.38. The molecule has 0 atom stereocenters. The van der Waals surface area contributed by atoms with Crippen molar-refractivity contribution in [1.29, 1.82) is 0 Å². The van der Waals surface area contributed by atoms with Crippen LogP contribution < -0.4 is 14.2 Å². The highest BCUT2D eigenvalue weighted by Gasteiger charge is 2.10. The molecule has 0 aromatic heterocycles. The van der Waals surface area contributed by atoms with E-state index in [2.05, 4.69) is 19.7 Å². The van der Waals surface area contributed by atoms with E-state index >= 15 is 0 Å². The summed E-state index contributed by atoms with van der Waals surface area (Å²) in [5.74, 6) is -1.19. The van der Waals surface area contributed by atoms with Gasteiger partial charge in [-0.05, 0) is 35.4 Å². The van der Waals surface area contributed by atoms with Crippen LogP contribution in [0.4, 0.5) is 0 Å². The van der Waals surface area contributed by atoms with E-state index in [4.69, 9.17) is 14.2 Å². The summed E-state index contributed by atoms with van der Waals surface area (Å²) in [6, 6.07) is 11.2. The summed E-state index contributed by atoms with van der Waals surface area (Å²) in [7, 11) is 0. The van der Waals surface area contributed by atoms with Gasteiger partial charge in [0.25, 0.3) is 0 Å². The number of hydrogen-bond acceptors (Lipinski definition) is 6. The van der Waals surface area contributed by atoms with Crippen LogP contribution in [-0.2, 0) is 14.4 Å². The molecule has 6 heteroatoms. The molecule has 136 valence electrons. The van der Waals surface area contributed by atoms with Crippen molar-refractivity contribution in [3.8, 4) is 28.4 Å². The first-order valence-electron chi connectivity index (χ1n) is 7.73. The number of esters is 3. The molecule has 2 aromatic carbocycles. The van der Waals surface area contributed by atoms with Crippen LogP contribution in [0.2, 0.25) is 0 Å². The molecule has 27 heavy (non-hydrogen) atoms. The first kappa shape index (κ1) is 19.4. The van der Waals surface area contributed by atoms with Crippen LogP contribution in [0.5, 0.6) is 17.2 Å². The number of benzene rings is 2. The zero-order valence-electron chi connectivity index (χ0n) is 14.3. The Hall–Kier alpha value is -3.93. The fourth-order valence-corrected chi connectivity index (χ4v) is 2.05. The Morgan fingerprint density at radius 1 is 0.593 bits per heavy atom. The fourth-order valence-electron chi connectivity index (χ4n) is 2.05. The van der Waals surface area contributed by atoms with Gasteiger partial charge in [-0.15, -0.1) is 0 Å². The van der Waals surface area contributed by atoms with Crippen LogP contribution in [-0.4, -0.2) is 17.9 Å². The highest BCUT2D eigenvalue weighted by atomic mass is 16.5. The van der Waals surface area contributed by atoms with E-state index in [1.807, 2.05) is 0 Å². The summed E-state index contributed by atoms with van der Waals surface area (Å²) in [5.41, 5.74) is 1.32. The molecule has 0 heterocycles. The largest absolute Gasteiger partial charge is 0.423 e. The van der Waals surface area contributed by atoms with Crippen LogP contribution in [0.1, 0.15) is 0 Å². The number of hydrogen-bond donors (Lipinski definition) is 0. The number of rotatable bonds is 7. The van der Waals surface area contributed by atoms with Gasteiger partial charge in [0.1, 0.15) is 17.2 Å². The van der Waals surface area contributed by atoms with Crippen molar-refractivity contribution in [2.75, 3.05) is 0 Å². The van der Waals surface area contributed by atoms with E-state index in [1.54, 1.807) is 36.4 Å². The van der Waals surface area contributed by atoms with Gasteiger partial charge in [0.15, 0.2) is 0 Å². The SMILES string of the molecule is C=CC(=O)Oc1ccc(-c2cc(OC(=O)C=C)cc(OC(=O)C=C)c2)cc1. The molecule has 0 saturated heterocycles. The Morgan fingerprint density at radius 2 is 1.00 bits per heavy atom. The molecule has 0 unspecified atom stereocenters. The topological polar surface area (TPSA) is 78.9 Å². The number of carbonyl (C=O) groups excluding carboxylic acids is 3. The Morgan fingerprint density at radius 3 is 1.41 bits per heavy atom. The lowest BCUT2D eigenvalue weighted by Gasteiger charge is -2.10. The average Bonchev–Trinajstić information content (AvgIpc) is 2.67. The van der Waals surface area contributed by atoms with E-state index in [0.29, 0.717) is 16.9 Å². The molecule has 2 rings (SSSR count). The second-order valence-corrected chi connectivity index (χ2v) is 5.09. The maximum Gasteiger partial charge on any atom is 0.335 e. The predicted octanol–water partition coefficient (Wildman–Crippen LogP) is 3.63. The van der Waals surface area contributed by atoms with E-state index in [1.165, 1.54) is 6.07 Å². The Bertz CT molecular complexity index is 869. The minimum Gasteiger partial charge on any atom is -0.423 e. The first-order valence-corrected chi connectivity index (χ1v) is 7.73. The lowest BCUT2D eigenvalue weighted by atomic mass is 10.0. The summed E-state index contributed by atoms with van der Waals surface area (Å²) < 4.78 is 15.3. The van der Waals surface area contributed by atoms with Crippen molar-refractivity contribution < 1.29 is 28.6 Å². The van der Waals surface area contributed by atoms with Crippen molar-refractivity contribution in [3.05, 3.63) is 80.4 Å². The predicted molar refractivity (Wildman–Crippen MR) is 99.4 cm³/mol. The molecular weight excluding hydrogens is 348 g/mol. The van der Waals surface area contributed by atoms with Crippen LogP contribution in [0.25, 0.3) is 11.1 Å². The van der Waals surface area contributed by atoms with Gasteiger partial charge in [0.05, 0.1) is 0 Å². The van der Waals surface area contributed by atoms with E-state index in [9.17, 15) is 14.4 Å². The molecule has 0 aliphatic heterocycles. The van der Waals surface area contributed by atoms with Gasteiger partial charge >= 0.3 is 17.9 Å². The van der Waals surface area contributed by atoms with Gasteiger partial charge in [-0.3, -0.25) is 0 Å². The third kappa shape index (κ3) is 5.54. The van der Waals surface area contributed by atoms with E-state index < -0.39 is 17.9 Å². The normalized spacial score (nSPS) is 9.63. The van der Waals surface area contributed by atoms with Gasteiger partial charge in [-0.25, -0.2) is 14.4 Å². The van der Waals surface area contributed by atoms with Crippen LogP contribution in [0.15, 0.2) is 80.4 Å². The number of carbonyl (C=O) groups is 3. The Labute approximate surface area is 156 Å². The maximum absolute atomic E-state index is 11.5. The summed E-state index contributed by atoms with van der Waals surface area (Å²) in [4.78, 5) is 34.2. The number of ether oxygens (including phenoxy) is 3. The maximum atomic E-state index is 11.5. The van der Waals surface area contributed by atoms with E-state index in [0.717, 1.165) is 18.2 Å². The Kier molecular flexibility index (Phi) is 6.44. The first-order chi connectivity index (χ1) is 12.9. The van der Waals surface area contributed by atoms with Gasteiger partial charge in [0, 0.05) is 24.3 Å². The molecular formula is C21H16O6. The van der Waals surface area contributed by atoms with Gasteiger partial charge in [-0.2, -0.15) is 0 Å². The molecule has 0 amide bonds. The molecule has 6 nitrogen and oxygen atoms in total. The molecule has 0 aliphatic carbocycles. The van der Waals surface area contributed by atoms with Crippen LogP contribution >= 0.6 is 0 Å². The van der Waals surface area contributed by atoms with Gasteiger partial charge < -0.3 is 14.2 Å². The van der Waals surface area contributed by atoms with Crippen molar-refractivity contribution >= 4 is 17.9 Å². The van der Waals surface area contributed by atoms with Crippen molar-refractivity contribution in [2.24, 2.45) is 0 Å². The highest BCUT2D eigenvalue weighted by Crippen LogP contribution is 2.31. The van der Waals surface area contributed by atoms with E-state index in [-0.39, 0.29) is 11.5 Å². The molecule has 0 N–H and O–H groups in total. The average molecular weight is 364 g/mol. The lowest BCUT2D eigenvalue weighted by Crippen LogP contribution is -2.06. The zero-order valence-corrected chi connectivity index (χ0v) is 14.3. The highest BCUT2D eigenvalue weighted by molar-refractivity contribution is 5.85. The summed E-state index contributed by atoms with van der Waals surface area (Å²) in [6.07, 6.45) is 3.10. The zero-order chi connectivity index (χ0) is 19.8. The standard InChI is InChI=1S/C21H16O6/c1-4-19(22)25-16-9-7-14(8-10-16)15-11-17(26-20(23)5-2)13-18(12-15)27-21(24)6-3/h4-13H,1-3H2. The summed E-state index contributed by atoms with van der Waals surface area (Å²) >= 11 is 0. The monoisotopic (exact) mass is 364 g/mol. The second-order valence-electron chi connectivity index (χ2n) is 5.09. The van der Waals surface area contributed by atoms with Crippen LogP contribution in [0.3, 0.4) is 0 Å². The minimum absolute atomic E-state index is 0.173. The summed E-state index contributed by atoms with van der Waals surface area (Å²) in [5, 5.41) is 0. The second kappa shape index (κ2) is 8.96. The molecule has 0 radical (unpaired) electrons. The molecule has 0 saturated carbocycles. The lowest BCUT2D eigenvalue weighted by molar-refractivity contribution is -0.130. The smallest absolute Gasteiger partial charge is 0.335 e. The van der Waals surface area contributed by atoms with Crippen molar-refractivity contribution in [3.63, 3.8) is 0 Å². The van der Waals surface area contributed by atoms with Gasteiger partial charge in [-0.1, -0.05) is 31.9 Å². The van der Waals surface area contributed by atoms with Gasteiger partial charge in [0.2, 0.25) is 0 Å². The molecule has 0 fully saturated rings. The molecule has 0 aliphatic rings. The quantitative estimate of drug-likeness (QED) is 0.424.